The van der Waals surface area contributed by atoms with E-state index in [1.807, 2.05) is 37.9 Å². The monoisotopic (exact) mass is 352 g/mol. The van der Waals surface area contributed by atoms with Crippen molar-refractivity contribution < 1.29 is 4.39 Å². The van der Waals surface area contributed by atoms with E-state index in [-0.39, 0.29) is 5.82 Å². The molecule has 0 bridgehead atoms. The molecule has 2 nitrogen and oxygen atoms in total. The predicted octanol–water partition coefficient (Wildman–Crippen LogP) is 5.64. The Labute approximate surface area is 146 Å². The molecule has 0 unspecified atom stereocenters. The molecule has 5 heteroatoms. The number of benzene rings is 2. The molecule has 0 aliphatic rings. The Morgan fingerprint density at radius 3 is 2.57 bits per heavy atom. The Morgan fingerprint density at radius 2 is 1.91 bits per heavy atom. The van der Waals surface area contributed by atoms with Crippen LogP contribution in [0.3, 0.4) is 0 Å². The zero-order valence-corrected chi connectivity index (χ0v) is 14.9. The summed E-state index contributed by atoms with van der Waals surface area (Å²) in [7, 11) is 1.95. The third-order valence-electron chi connectivity index (χ3n) is 3.62. The van der Waals surface area contributed by atoms with Gasteiger partial charge in [0, 0.05) is 18.6 Å². The van der Waals surface area contributed by atoms with Crippen LogP contribution < -0.4 is 0 Å². The van der Waals surface area contributed by atoms with E-state index in [0.29, 0.717) is 16.5 Å². The first-order valence-electron chi connectivity index (χ1n) is 7.37. The van der Waals surface area contributed by atoms with E-state index in [0.717, 1.165) is 28.9 Å². The first-order chi connectivity index (χ1) is 10.9. The van der Waals surface area contributed by atoms with E-state index in [1.54, 1.807) is 12.4 Å². The highest BCUT2D eigenvalue weighted by molar-refractivity contribution is 6.33. The zero-order chi connectivity index (χ0) is 17.0. The second-order valence-electron chi connectivity index (χ2n) is 5.50. The summed E-state index contributed by atoms with van der Waals surface area (Å²) in [5.41, 5.74) is 3.63. The summed E-state index contributed by atoms with van der Waals surface area (Å²) >= 11 is 12.2. The summed E-state index contributed by atoms with van der Waals surface area (Å²) in [6.07, 6.45) is 2.33. The molecule has 0 amide bonds. The van der Waals surface area contributed by atoms with E-state index in [2.05, 4.69) is 4.99 Å². The van der Waals surface area contributed by atoms with Crippen LogP contribution in [0.1, 0.15) is 23.6 Å². The van der Waals surface area contributed by atoms with Crippen LogP contribution >= 0.6 is 23.2 Å². The van der Waals surface area contributed by atoms with Crippen LogP contribution in [0.5, 0.6) is 0 Å². The summed E-state index contributed by atoms with van der Waals surface area (Å²) in [6.45, 7) is 4.92. The third-order valence-corrected chi connectivity index (χ3v) is 4.14. The van der Waals surface area contributed by atoms with Crippen LogP contribution in [0.2, 0.25) is 10.0 Å². The minimum atomic E-state index is -0.333. The van der Waals surface area contributed by atoms with Crippen LogP contribution in [0.25, 0.3) is 0 Å². The lowest BCUT2D eigenvalue weighted by atomic mass is 10.00. The number of rotatable bonds is 5. The standard InChI is InChI=1S/C18H19Cl2FN2/c1-4-23(3)11-22-18-5-12(2)14(9-17(18)20)6-13-7-15(19)10-16(21)8-13/h5,7-11H,4,6H2,1-3H3. The fraction of sp³-hybridized carbons (Fsp3) is 0.278. The fourth-order valence-corrected chi connectivity index (χ4v) is 2.65. The van der Waals surface area contributed by atoms with Crippen molar-refractivity contribution in [2.75, 3.05) is 13.6 Å². The Hall–Kier alpha value is -1.58. The molecule has 23 heavy (non-hydrogen) atoms. The van der Waals surface area contributed by atoms with Gasteiger partial charge in [-0.25, -0.2) is 9.38 Å². The molecule has 0 saturated heterocycles. The first kappa shape index (κ1) is 17.8. The quantitative estimate of drug-likeness (QED) is 0.501. The lowest BCUT2D eigenvalue weighted by molar-refractivity contribution is 0.552. The highest BCUT2D eigenvalue weighted by Crippen LogP contribution is 2.30. The molecular weight excluding hydrogens is 334 g/mol. The molecule has 2 aromatic rings. The van der Waals surface area contributed by atoms with Crippen molar-refractivity contribution >= 4 is 35.2 Å². The molecule has 0 heterocycles. The largest absolute Gasteiger partial charge is 0.366 e. The van der Waals surface area contributed by atoms with Gasteiger partial charge in [0.15, 0.2) is 0 Å². The average molecular weight is 353 g/mol. The maximum Gasteiger partial charge on any atom is 0.124 e. The van der Waals surface area contributed by atoms with E-state index >= 15 is 0 Å². The fourth-order valence-electron chi connectivity index (χ4n) is 2.17. The Morgan fingerprint density at radius 1 is 1.17 bits per heavy atom. The normalized spacial score (nSPS) is 11.2. The van der Waals surface area contributed by atoms with Gasteiger partial charge in [0.1, 0.15) is 5.82 Å². The molecule has 2 rings (SSSR count). The Bertz CT molecular complexity index is 709. The highest BCUT2D eigenvalue weighted by atomic mass is 35.5. The molecule has 0 aliphatic heterocycles. The molecule has 0 saturated carbocycles. The van der Waals surface area contributed by atoms with E-state index < -0.39 is 0 Å². The molecule has 0 radical (unpaired) electrons. The van der Waals surface area contributed by atoms with Crippen molar-refractivity contribution in [1.29, 1.82) is 0 Å². The molecule has 0 aliphatic carbocycles. The lowest BCUT2D eigenvalue weighted by Crippen LogP contribution is -2.14. The molecule has 0 atom stereocenters. The van der Waals surface area contributed by atoms with Gasteiger partial charge in [0.25, 0.3) is 0 Å². The van der Waals surface area contributed by atoms with Crippen molar-refractivity contribution in [2.45, 2.75) is 20.3 Å². The van der Waals surface area contributed by atoms with Gasteiger partial charge >= 0.3 is 0 Å². The number of aryl methyl sites for hydroxylation is 1. The van der Waals surface area contributed by atoms with Crippen molar-refractivity contribution in [3.05, 3.63) is 62.9 Å². The van der Waals surface area contributed by atoms with Gasteiger partial charge in [-0.3, -0.25) is 0 Å². The molecular formula is C18H19Cl2FN2. The van der Waals surface area contributed by atoms with Gasteiger partial charge in [-0.2, -0.15) is 0 Å². The molecule has 0 spiro atoms. The molecule has 122 valence electrons. The van der Waals surface area contributed by atoms with Crippen molar-refractivity contribution in [3.63, 3.8) is 0 Å². The average Bonchev–Trinajstić information content (AvgIpc) is 2.47. The smallest absolute Gasteiger partial charge is 0.124 e. The van der Waals surface area contributed by atoms with Crippen LogP contribution in [0, 0.1) is 12.7 Å². The Kier molecular flexibility index (Phi) is 6.03. The van der Waals surface area contributed by atoms with Gasteiger partial charge in [0.2, 0.25) is 0 Å². The van der Waals surface area contributed by atoms with Gasteiger partial charge in [-0.05, 0) is 67.3 Å². The molecule has 0 N–H and O–H groups in total. The second-order valence-corrected chi connectivity index (χ2v) is 6.35. The van der Waals surface area contributed by atoms with Crippen LogP contribution in [0.15, 0.2) is 35.3 Å². The number of hydrogen-bond acceptors (Lipinski definition) is 1. The SMILES string of the molecule is CCN(C)C=Nc1cc(C)c(Cc2cc(F)cc(Cl)c2)cc1Cl. The number of hydrogen-bond donors (Lipinski definition) is 0. The highest BCUT2D eigenvalue weighted by Gasteiger charge is 2.08. The molecule has 0 aromatic heterocycles. The predicted molar refractivity (Wildman–Crippen MR) is 96.9 cm³/mol. The third kappa shape index (κ3) is 4.95. The summed E-state index contributed by atoms with van der Waals surface area (Å²) in [4.78, 5) is 6.37. The van der Waals surface area contributed by atoms with Crippen LogP contribution in [-0.2, 0) is 6.42 Å². The van der Waals surface area contributed by atoms with Crippen LogP contribution in [-0.4, -0.2) is 24.8 Å². The lowest BCUT2D eigenvalue weighted by Gasteiger charge is -2.11. The number of nitrogens with zero attached hydrogens (tertiary/aromatic N) is 2. The molecule has 0 fully saturated rings. The van der Waals surface area contributed by atoms with E-state index in [1.165, 1.54) is 12.1 Å². The van der Waals surface area contributed by atoms with E-state index in [4.69, 9.17) is 23.2 Å². The second kappa shape index (κ2) is 7.80. The van der Waals surface area contributed by atoms with Gasteiger partial charge in [-0.15, -0.1) is 0 Å². The summed E-state index contributed by atoms with van der Waals surface area (Å²) in [6, 6.07) is 8.38. The van der Waals surface area contributed by atoms with Gasteiger partial charge < -0.3 is 4.90 Å². The maximum atomic E-state index is 13.5. The Balaban J connectivity index is 2.27. The summed E-state index contributed by atoms with van der Waals surface area (Å²) in [5.74, 6) is -0.333. The minimum Gasteiger partial charge on any atom is -0.366 e. The van der Waals surface area contributed by atoms with Crippen LogP contribution in [0.4, 0.5) is 10.1 Å². The first-order valence-corrected chi connectivity index (χ1v) is 8.13. The zero-order valence-electron chi connectivity index (χ0n) is 13.4. The van der Waals surface area contributed by atoms with E-state index in [9.17, 15) is 4.39 Å². The van der Waals surface area contributed by atoms with Gasteiger partial charge in [-0.1, -0.05) is 23.2 Å². The molecule has 2 aromatic carbocycles. The maximum absolute atomic E-state index is 13.5. The van der Waals surface area contributed by atoms with Crippen molar-refractivity contribution in [1.82, 2.24) is 4.90 Å². The van der Waals surface area contributed by atoms with Crippen molar-refractivity contribution in [3.8, 4) is 0 Å². The van der Waals surface area contributed by atoms with Crippen molar-refractivity contribution in [2.24, 2.45) is 4.99 Å². The van der Waals surface area contributed by atoms with Gasteiger partial charge in [0.05, 0.1) is 17.0 Å². The minimum absolute atomic E-state index is 0.333. The summed E-state index contributed by atoms with van der Waals surface area (Å²) in [5, 5.41) is 0.974. The number of aliphatic imine (C=N–C) groups is 1. The summed E-state index contributed by atoms with van der Waals surface area (Å²) < 4.78 is 13.5. The topological polar surface area (TPSA) is 15.6 Å². The number of halogens is 3.